The van der Waals surface area contributed by atoms with Crippen LogP contribution in [0.4, 0.5) is 4.39 Å². The summed E-state index contributed by atoms with van der Waals surface area (Å²) in [7, 11) is 0. The molecule has 1 heterocycles. The Morgan fingerprint density at radius 1 is 1.07 bits per heavy atom. The number of carbonyl (C=O) groups is 2. The third kappa shape index (κ3) is 5.89. The highest BCUT2D eigenvalue weighted by Crippen LogP contribution is 2.18. The van der Waals surface area contributed by atoms with E-state index in [-0.39, 0.29) is 17.7 Å². The molecule has 0 bridgehead atoms. The average Bonchev–Trinajstić information content (AvgIpc) is 2.75. The van der Waals surface area contributed by atoms with E-state index >= 15 is 0 Å². The Kier molecular flexibility index (Phi) is 7.57. The number of hydrogen-bond donors (Lipinski definition) is 2. The van der Waals surface area contributed by atoms with Crippen molar-refractivity contribution >= 4 is 11.8 Å². The van der Waals surface area contributed by atoms with Crippen LogP contribution >= 0.6 is 0 Å². The number of benzene rings is 2. The van der Waals surface area contributed by atoms with Crippen LogP contribution < -0.4 is 10.6 Å². The minimum Gasteiger partial charge on any atom is -0.354 e. The van der Waals surface area contributed by atoms with Crippen molar-refractivity contribution in [1.82, 2.24) is 15.5 Å². The van der Waals surface area contributed by atoms with E-state index in [1.54, 1.807) is 0 Å². The van der Waals surface area contributed by atoms with Crippen molar-refractivity contribution in [2.24, 2.45) is 5.92 Å². The molecule has 0 saturated carbocycles. The van der Waals surface area contributed by atoms with Crippen LogP contribution in [0.5, 0.6) is 0 Å². The lowest BCUT2D eigenvalue weighted by atomic mass is 10.00. The summed E-state index contributed by atoms with van der Waals surface area (Å²) in [6, 6.07) is 13.2. The van der Waals surface area contributed by atoms with Gasteiger partial charge in [-0.25, -0.2) is 4.39 Å². The molecule has 0 aliphatic carbocycles. The Morgan fingerprint density at radius 3 is 2.47 bits per heavy atom. The molecule has 0 radical (unpaired) electrons. The number of halogens is 1. The van der Waals surface area contributed by atoms with Gasteiger partial charge in [0.05, 0.1) is 0 Å². The third-order valence-electron chi connectivity index (χ3n) is 5.50. The lowest BCUT2D eigenvalue weighted by Crippen LogP contribution is -2.50. The highest BCUT2D eigenvalue weighted by molar-refractivity contribution is 5.97. The number of nitrogens with zero attached hydrogens (tertiary/aromatic N) is 1. The molecular formula is C24H30FN3O2. The van der Waals surface area contributed by atoms with Gasteiger partial charge in [-0.05, 0) is 54.2 Å². The number of rotatable bonds is 8. The van der Waals surface area contributed by atoms with Crippen molar-refractivity contribution in [2.75, 3.05) is 19.6 Å². The smallest absolute Gasteiger partial charge is 0.251 e. The second kappa shape index (κ2) is 10.3. The van der Waals surface area contributed by atoms with Gasteiger partial charge in [-0.15, -0.1) is 0 Å². The fraction of sp³-hybridized carbons (Fsp3) is 0.417. The predicted octanol–water partition coefficient (Wildman–Crippen LogP) is 3.14. The van der Waals surface area contributed by atoms with E-state index in [1.165, 1.54) is 35.4 Å². The molecule has 1 atom stereocenters. The second-order valence-electron chi connectivity index (χ2n) is 8.14. The Labute approximate surface area is 177 Å². The molecule has 1 aliphatic heterocycles. The minimum absolute atomic E-state index is 0.0620. The van der Waals surface area contributed by atoms with Gasteiger partial charge in [0.25, 0.3) is 5.91 Å². The van der Waals surface area contributed by atoms with Crippen LogP contribution in [0.2, 0.25) is 0 Å². The van der Waals surface area contributed by atoms with Gasteiger partial charge in [0.2, 0.25) is 5.91 Å². The molecule has 0 saturated heterocycles. The summed E-state index contributed by atoms with van der Waals surface area (Å²) in [6.07, 6.45) is 1.91. The zero-order valence-corrected chi connectivity index (χ0v) is 17.7. The first-order valence-electron chi connectivity index (χ1n) is 10.6. The third-order valence-corrected chi connectivity index (χ3v) is 5.50. The fourth-order valence-corrected chi connectivity index (χ4v) is 3.73. The van der Waals surface area contributed by atoms with Gasteiger partial charge >= 0.3 is 0 Å². The number of fused-ring (bicyclic) bond motifs is 1. The van der Waals surface area contributed by atoms with Crippen molar-refractivity contribution in [3.05, 3.63) is 71.0 Å². The Balaban J connectivity index is 1.44. The van der Waals surface area contributed by atoms with Gasteiger partial charge in [-0.3, -0.25) is 14.5 Å². The molecule has 0 fully saturated rings. The van der Waals surface area contributed by atoms with E-state index in [1.807, 2.05) is 13.8 Å². The summed E-state index contributed by atoms with van der Waals surface area (Å²) in [4.78, 5) is 27.4. The maximum Gasteiger partial charge on any atom is 0.251 e. The Hall–Kier alpha value is -2.73. The average molecular weight is 412 g/mol. The summed E-state index contributed by atoms with van der Waals surface area (Å²) in [6.45, 7) is 7.25. The van der Waals surface area contributed by atoms with Crippen molar-refractivity contribution in [2.45, 2.75) is 39.3 Å². The van der Waals surface area contributed by atoms with E-state index in [0.29, 0.717) is 12.1 Å². The summed E-state index contributed by atoms with van der Waals surface area (Å²) in [5.74, 6) is -1.03. The number of hydrogen-bond acceptors (Lipinski definition) is 3. The van der Waals surface area contributed by atoms with Crippen LogP contribution in [0.15, 0.2) is 48.5 Å². The second-order valence-corrected chi connectivity index (χ2v) is 8.14. The molecule has 30 heavy (non-hydrogen) atoms. The maximum atomic E-state index is 13.1. The summed E-state index contributed by atoms with van der Waals surface area (Å²) in [5.41, 5.74) is 3.15. The zero-order valence-electron chi connectivity index (χ0n) is 17.7. The molecule has 1 aliphatic rings. The molecule has 0 spiro atoms. The summed E-state index contributed by atoms with van der Waals surface area (Å²) < 4.78 is 13.1. The van der Waals surface area contributed by atoms with Crippen molar-refractivity contribution in [3.8, 4) is 0 Å². The maximum absolute atomic E-state index is 13.1. The van der Waals surface area contributed by atoms with Crippen LogP contribution in [0.25, 0.3) is 0 Å². The molecule has 2 aromatic rings. The highest BCUT2D eigenvalue weighted by Gasteiger charge is 2.24. The standard InChI is InChI=1S/C24H30FN3O2/c1-17(2)22(27-23(29)19-8-10-21(25)11-9-19)24(30)26-13-5-14-28-15-12-18-6-3-4-7-20(18)16-28/h3-4,6-11,17,22H,5,12-16H2,1-2H3,(H,26,30)(H,27,29)/t22-/m0/s1. The van der Waals surface area contributed by atoms with E-state index in [9.17, 15) is 14.0 Å². The van der Waals surface area contributed by atoms with Gasteiger partial charge in [-0.2, -0.15) is 0 Å². The predicted molar refractivity (Wildman–Crippen MR) is 116 cm³/mol. The van der Waals surface area contributed by atoms with E-state index in [0.717, 1.165) is 32.5 Å². The quantitative estimate of drug-likeness (QED) is 0.656. The van der Waals surface area contributed by atoms with Crippen LogP contribution in [0.1, 0.15) is 41.8 Å². The minimum atomic E-state index is -0.635. The first-order chi connectivity index (χ1) is 14.4. The highest BCUT2D eigenvalue weighted by atomic mass is 19.1. The van der Waals surface area contributed by atoms with Crippen LogP contribution in [-0.4, -0.2) is 42.4 Å². The molecule has 2 aromatic carbocycles. The van der Waals surface area contributed by atoms with Gasteiger partial charge in [0, 0.05) is 31.7 Å². The topological polar surface area (TPSA) is 61.4 Å². The zero-order chi connectivity index (χ0) is 21.5. The number of amides is 2. The molecule has 5 nitrogen and oxygen atoms in total. The van der Waals surface area contributed by atoms with E-state index < -0.39 is 11.9 Å². The van der Waals surface area contributed by atoms with Gasteiger partial charge in [-0.1, -0.05) is 38.1 Å². The molecule has 0 aromatic heterocycles. The van der Waals surface area contributed by atoms with E-state index in [2.05, 4.69) is 39.8 Å². The molecule has 3 rings (SSSR count). The van der Waals surface area contributed by atoms with Crippen molar-refractivity contribution in [3.63, 3.8) is 0 Å². The van der Waals surface area contributed by atoms with E-state index in [4.69, 9.17) is 0 Å². The fourth-order valence-electron chi connectivity index (χ4n) is 3.73. The van der Waals surface area contributed by atoms with Gasteiger partial charge < -0.3 is 10.6 Å². The van der Waals surface area contributed by atoms with Crippen LogP contribution in [0.3, 0.4) is 0 Å². The molecule has 2 amide bonds. The first kappa shape index (κ1) is 22.0. The lowest BCUT2D eigenvalue weighted by Gasteiger charge is -2.28. The molecule has 160 valence electrons. The molecule has 6 heteroatoms. The van der Waals surface area contributed by atoms with Crippen LogP contribution in [-0.2, 0) is 17.8 Å². The molecule has 0 unspecified atom stereocenters. The van der Waals surface area contributed by atoms with Crippen LogP contribution in [0, 0.1) is 11.7 Å². The molecule has 2 N–H and O–H groups in total. The van der Waals surface area contributed by atoms with Crippen molar-refractivity contribution in [1.29, 1.82) is 0 Å². The van der Waals surface area contributed by atoms with Gasteiger partial charge in [0.15, 0.2) is 0 Å². The summed E-state index contributed by atoms with van der Waals surface area (Å²) >= 11 is 0. The monoisotopic (exact) mass is 411 g/mol. The number of nitrogens with one attached hydrogen (secondary N) is 2. The Bertz CT molecular complexity index is 867. The lowest BCUT2D eigenvalue weighted by molar-refractivity contribution is -0.123. The largest absolute Gasteiger partial charge is 0.354 e. The summed E-state index contributed by atoms with van der Waals surface area (Å²) in [5, 5.41) is 5.72. The SMILES string of the molecule is CC(C)[C@H](NC(=O)c1ccc(F)cc1)C(=O)NCCCN1CCc2ccccc2C1. The van der Waals surface area contributed by atoms with Gasteiger partial charge in [0.1, 0.15) is 11.9 Å². The Morgan fingerprint density at radius 2 is 1.77 bits per heavy atom. The normalized spacial score (nSPS) is 14.8. The van der Waals surface area contributed by atoms with Crippen molar-refractivity contribution < 1.29 is 14.0 Å². The first-order valence-corrected chi connectivity index (χ1v) is 10.6. The molecular weight excluding hydrogens is 381 g/mol. The number of carbonyl (C=O) groups excluding carboxylic acids is 2.